The van der Waals surface area contributed by atoms with Crippen LogP contribution in [0.15, 0.2) is 60.8 Å². The van der Waals surface area contributed by atoms with Crippen LogP contribution in [-0.4, -0.2) is 29.3 Å². The Morgan fingerprint density at radius 3 is 2.35 bits per heavy atom. The van der Waals surface area contributed by atoms with E-state index in [1.165, 1.54) is 12.1 Å². The predicted octanol–water partition coefficient (Wildman–Crippen LogP) is 6.90. The van der Waals surface area contributed by atoms with E-state index < -0.39 is 12.0 Å². The number of pyridine rings is 1. The van der Waals surface area contributed by atoms with Crippen molar-refractivity contribution in [3.05, 3.63) is 93.2 Å². The average Bonchev–Trinajstić information content (AvgIpc) is 3.10. The Bertz CT molecular complexity index is 1160. The fourth-order valence-electron chi connectivity index (χ4n) is 4.82. The Labute approximate surface area is 205 Å². The van der Waals surface area contributed by atoms with Gasteiger partial charge in [0, 0.05) is 41.4 Å². The Kier molecular flexibility index (Phi) is 6.23. The number of benzene rings is 2. The van der Waals surface area contributed by atoms with Gasteiger partial charge in [-0.05, 0) is 60.4 Å². The molecule has 1 unspecified atom stereocenters. The number of alkyl halides is 3. The summed E-state index contributed by atoms with van der Waals surface area (Å²) in [6.45, 7) is 2.19. The molecule has 178 valence electrons. The van der Waals surface area contributed by atoms with Gasteiger partial charge in [0.05, 0.1) is 11.3 Å². The van der Waals surface area contributed by atoms with Gasteiger partial charge in [0.15, 0.2) is 0 Å². The van der Waals surface area contributed by atoms with E-state index >= 15 is 0 Å². The summed E-state index contributed by atoms with van der Waals surface area (Å²) in [5.41, 5.74) is 3.31. The molecule has 9 heteroatoms. The van der Waals surface area contributed by atoms with Crippen LogP contribution < -0.4 is 4.74 Å². The van der Waals surface area contributed by atoms with Crippen molar-refractivity contribution in [3.8, 4) is 5.75 Å². The number of hydrogen-bond acceptors (Lipinski definition) is 4. The van der Waals surface area contributed by atoms with Gasteiger partial charge in [0.1, 0.15) is 11.9 Å². The number of ether oxygens (including phenoxy) is 2. The van der Waals surface area contributed by atoms with Crippen molar-refractivity contribution in [2.45, 2.75) is 37.5 Å². The Morgan fingerprint density at radius 1 is 1.03 bits per heavy atom. The zero-order valence-electron chi connectivity index (χ0n) is 18.0. The molecule has 1 fully saturated rings. The average molecular weight is 509 g/mol. The van der Waals surface area contributed by atoms with Crippen LogP contribution in [0.1, 0.15) is 41.3 Å². The molecule has 1 atom stereocenters. The molecular weight excluding hydrogens is 488 g/mol. The van der Waals surface area contributed by atoms with E-state index in [9.17, 15) is 13.2 Å². The lowest BCUT2D eigenvalue weighted by Gasteiger charge is -2.39. The topological polar surface area (TPSA) is 34.6 Å². The largest absolute Gasteiger partial charge is 0.573 e. The summed E-state index contributed by atoms with van der Waals surface area (Å²) in [6, 6.07) is 15.4. The molecule has 0 saturated carbocycles. The maximum Gasteiger partial charge on any atom is 0.573 e. The van der Waals surface area contributed by atoms with Crippen LogP contribution in [0.3, 0.4) is 0 Å². The number of rotatable bonds is 4. The summed E-state index contributed by atoms with van der Waals surface area (Å²) in [7, 11) is 0. The van der Waals surface area contributed by atoms with E-state index in [1.807, 2.05) is 18.2 Å². The number of hydrogen-bond donors (Lipinski definition) is 0. The van der Waals surface area contributed by atoms with Crippen LogP contribution in [-0.2, 0) is 16.9 Å². The zero-order chi connectivity index (χ0) is 23.9. The van der Waals surface area contributed by atoms with E-state index in [2.05, 4.69) is 20.7 Å². The van der Waals surface area contributed by atoms with Crippen LogP contribution in [0.5, 0.6) is 5.75 Å². The summed E-state index contributed by atoms with van der Waals surface area (Å²) in [4.78, 5) is 6.90. The van der Waals surface area contributed by atoms with Crippen molar-refractivity contribution in [1.29, 1.82) is 0 Å². The molecule has 2 aromatic carbocycles. The normalized spacial score (nSPS) is 19.9. The van der Waals surface area contributed by atoms with Gasteiger partial charge >= 0.3 is 6.36 Å². The standard InChI is InChI=1S/C25H21Cl2F3N2O2/c26-18-12-17(13-19(27)14-18)23-22-21(2-1-9-31-22)24(34-23)7-10-32(11-8-24)15-16-3-5-20(6-4-16)33-25(28,29)30/h1-6,9,12-14,23H,7-8,10-11,15H2. The van der Waals surface area contributed by atoms with E-state index in [4.69, 9.17) is 27.9 Å². The van der Waals surface area contributed by atoms with Gasteiger partial charge < -0.3 is 9.47 Å². The molecule has 3 aromatic rings. The fraction of sp³-hybridized carbons (Fsp3) is 0.320. The third-order valence-corrected chi connectivity index (χ3v) is 6.77. The number of likely N-dealkylation sites (tertiary alicyclic amines) is 1. The van der Waals surface area contributed by atoms with Crippen molar-refractivity contribution in [2.24, 2.45) is 0 Å². The lowest BCUT2D eigenvalue weighted by atomic mass is 9.84. The first-order valence-electron chi connectivity index (χ1n) is 10.9. The number of fused-ring (bicyclic) bond motifs is 2. The minimum atomic E-state index is -4.69. The summed E-state index contributed by atoms with van der Waals surface area (Å²) >= 11 is 12.5. The van der Waals surface area contributed by atoms with Gasteiger partial charge in [-0.3, -0.25) is 9.88 Å². The molecule has 2 aliphatic heterocycles. The Hall–Kier alpha value is -2.32. The quantitative estimate of drug-likeness (QED) is 0.384. The molecule has 0 bridgehead atoms. The smallest absolute Gasteiger partial charge is 0.406 e. The highest BCUT2D eigenvalue weighted by Crippen LogP contribution is 2.51. The van der Waals surface area contributed by atoms with Crippen LogP contribution in [0.4, 0.5) is 13.2 Å². The van der Waals surface area contributed by atoms with Gasteiger partial charge in [0.2, 0.25) is 0 Å². The number of nitrogens with zero attached hydrogens (tertiary/aromatic N) is 2. The highest BCUT2D eigenvalue weighted by atomic mass is 35.5. The molecule has 0 radical (unpaired) electrons. The zero-order valence-corrected chi connectivity index (χ0v) is 19.5. The van der Waals surface area contributed by atoms with Gasteiger partial charge in [-0.2, -0.15) is 0 Å². The van der Waals surface area contributed by atoms with Gasteiger partial charge in [-0.15, -0.1) is 13.2 Å². The van der Waals surface area contributed by atoms with E-state index in [0.717, 1.165) is 48.3 Å². The van der Waals surface area contributed by atoms with Crippen LogP contribution >= 0.6 is 23.2 Å². The number of aromatic nitrogens is 1. The lowest BCUT2D eigenvalue weighted by Crippen LogP contribution is -2.42. The summed E-state index contributed by atoms with van der Waals surface area (Å²) in [5.74, 6) is -0.218. The van der Waals surface area contributed by atoms with E-state index in [1.54, 1.807) is 24.4 Å². The second-order valence-electron chi connectivity index (χ2n) is 8.60. The molecule has 0 aliphatic carbocycles. The molecule has 34 heavy (non-hydrogen) atoms. The molecule has 1 spiro atoms. The first-order valence-corrected chi connectivity index (χ1v) is 11.6. The predicted molar refractivity (Wildman–Crippen MR) is 123 cm³/mol. The fourth-order valence-corrected chi connectivity index (χ4v) is 5.37. The van der Waals surface area contributed by atoms with E-state index in [-0.39, 0.29) is 11.9 Å². The molecule has 1 saturated heterocycles. The summed E-state index contributed by atoms with van der Waals surface area (Å²) in [5, 5.41) is 1.09. The highest BCUT2D eigenvalue weighted by Gasteiger charge is 2.48. The van der Waals surface area contributed by atoms with Crippen LogP contribution in [0.2, 0.25) is 10.0 Å². The molecular formula is C25H21Cl2F3N2O2. The Morgan fingerprint density at radius 2 is 1.71 bits per heavy atom. The third-order valence-electron chi connectivity index (χ3n) is 6.34. The molecule has 3 heterocycles. The second kappa shape index (κ2) is 9.04. The highest BCUT2D eigenvalue weighted by molar-refractivity contribution is 6.34. The molecule has 5 rings (SSSR count). The van der Waals surface area contributed by atoms with Crippen molar-refractivity contribution in [1.82, 2.24) is 9.88 Å². The minimum Gasteiger partial charge on any atom is -0.406 e. The van der Waals surface area contributed by atoms with E-state index in [0.29, 0.717) is 16.6 Å². The molecule has 2 aliphatic rings. The molecule has 0 amide bonds. The number of halogens is 5. The molecule has 1 aromatic heterocycles. The first kappa shape index (κ1) is 23.4. The van der Waals surface area contributed by atoms with Crippen molar-refractivity contribution in [3.63, 3.8) is 0 Å². The maximum absolute atomic E-state index is 12.4. The van der Waals surface area contributed by atoms with Gasteiger partial charge in [-0.1, -0.05) is 41.4 Å². The minimum absolute atomic E-state index is 0.218. The van der Waals surface area contributed by atoms with Crippen molar-refractivity contribution < 1.29 is 22.6 Å². The van der Waals surface area contributed by atoms with Crippen LogP contribution in [0, 0.1) is 0 Å². The SMILES string of the molecule is FC(F)(F)Oc1ccc(CN2CCC3(CC2)OC(c2cc(Cl)cc(Cl)c2)c2ncccc23)cc1. The van der Waals surface area contributed by atoms with Crippen molar-refractivity contribution in [2.75, 3.05) is 13.1 Å². The van der Waals surface area contributed by atoms with Crippen LogP contribution in [0.25, 0.3) is 0 Å². The number of piperidine rings is 1. The van der Waals surface area contributed by atoms with Crippen molar-refractivity contribution >= 4 is 23.2 Å². The summed E-state index contributed by atoms with van der Waals surface area (Å²) < 4.78 is 47.8. The third kappa shape index (κ3) is 4.89. The Balaban J connectivity index is 1.29. The summed E-state index contributed by atoms with van der Waals surface area (Å²) in [6.07, 6.45) is -1.73. The van der Waals surface area contributed by atoms with Gasteiger partial charge in [0.25, 0.3) is 0 Å². The lowest BCUT2D eigenvalue weighted by molar-refractivity contribution is -0.274. The first-order chi connectivity index (χ1) is 16.2. The molecule has 4 nitrogen and oxygen atoms in total. The molecule has 0 N–H and O–H groups in total. The van der Waals surface area contributed by atoms with Gasteiger partial charge in [-0.25, -0.2) is 0 Å². The monoisotopic (exact) mass is 508 g/mol. The second-order valence-corrected chi connectivity index (χ2v) is 9.47. The maximum atomic E-state index is 12.4.